The molecule has 0 radical (unpaired) electrons. The van der Waals surface area contributed by atoms with Gasteiger partial charge in [0, 0.05) is 38.3 Å². The maximum Gasteiger partial charge on any atom is 0.0673 e. The van der Waals surface area contributed by atoms with Gasteiger partial charge in [0.25, 0.3) is 0 Å². The van der Waals surface area contributed by atoms with Gasteiger partial charge in [-0.15, -0.1) is 0 Å². The molecule has 0 bridgehead atoms. The van der Waals surface area contributed by atoms with Gasteiger partial charge in [-0.05, 0) is 32.8 Å². The first-order valence-electron chi connectivity index (χ1n) is 7.82. The van der Waals surface area contributed by atoms with Gasteiger partial charge in [0.15, 0.2) is 0 Å². The minimum absolute atomic E-state index is 0.318. The largest absolute Gasteiger partial charge is 0.377 e. The monoisotopic (exact) mass is 276 g/mol. The molecule has 1 aromatic rings. The van der Waals surface area contributed by atoms with E-state index in [9.17, 15) is 0 Å². The fourth-order valence-electron chi connectivity index (χ4n) is 2.95. The van der Waals surface area contributed by atoms with Gasteiger partial charge in [-0.25, -0.2) is 0 Å². The minimum atomic E-state index is 0.318. The van der Waals surface area contributed by atoms with E-state index in [1.165, 1.54) is 5.56 Å². The van der Waals surface area contributed by atoms with Gasteiger partial charge in [-0.2, -0.15) is 0 Å². The van der Waals surface area contributed by atoms with E-state index in [0.29, 0.717) is 18.2 Å². The molecule has 1 N–H and O–H groups in total. The molecule has 0 saturated carbocycles. The Morgan fingerprint density at radius 2 is 2.10 bits per heavy atom. The van der Waals surface area contributed by atoms with Crippen LogP contribution in [0.5, 0.6) is 0 Å². The Morgan fingerprint density at radius 1 is 1.35 bits per heavy atom. The zero-order chi connectivity index (χ0) is 14.4. The fraction of sp³-hybridized carbons (Fsp3) is 0.647. The third-order valence-electron chi connectivity index (χ3n) is 4.05. The van der Waals surface area contributed by atoms with Crippen LogP contribution in [-0.4, -0.2) is 49.3 Å². The summed E-state index contributed by atoms with van der Waals surface area (Å²) < 4.78 is 5.68. The lowest BCUT2D eigenvalue weighted by atomic mass is 10.0. The SMILES string of the molecule is CCOC(C)CN1CC(Cc2ccccc2)NCC1C. The van der Waals surface area contributed by atoms with Crippen LogP contribution in [0.25, 0.3) is 0 Å². The van der Waals surface area contributed by atoms with Crippen LogP contribution in [0.4, 0.5) is 0 Å². The molecule has 0 aliphatic carbocycles. The summed E-state index contributed by atoms with van der Waals surface area (Å²) in [4.78, 5) is 2.56. The average Bonchev–Trinajstić information content (AvgIpc) is 2.44. The van der Waals surface area contributed by atoms with Crippen molar-refractivity contribution in [2.24, 2.45) is 0 Å². The van der Waals surface area contributed by atoms with Gasteiger partial charge < -0.3 is 10.1 Å². The number of piperazine rings is 1. The second kappa shape index (κ2) is 7.77. The second-order valence-electron chi connectivity index (χ2n) is 5.86. The van der Waals surface area contributed by atoms with Crippen LogP contribution in [-0.2, 0) is 11.2 Å². The lowest BCUT2D eigenvalue weighted by Gasteiger charge is -2.40. The molecular weight excluding hydrogens is 248 g/mol. The van der Waals surface area contributed by atoms with Gasteiger partial charge in [0.1, 0.15) is 0 Å². The van der Waals surface area contributed by atoms with Crippen molar-refractivity contribution in [2.45, 2.75) is 45.4 Å². The lowest BCUT2D eigenvalue weighted by molar-refractivity contribution is 0.0233. The number of nitrogens with zero attached hydrogens (tertiary/aromatic N) is 1. The van der Waals surface area contributed by atoms with E-state index >= 15 is 0 Å². The Hall–Kier alpha value is -0.900. The van der Waals surface area contributed by atoms with Gasteiger partial charge in [0.2, 0.25) is 0 Å². The molecule has 1 heterocycles. The third-order valence-corrected chi connectivity index (χ3v) is 4.05. The van der Waals surface area contributed by atoms with Crippen LogP contribution >= 0.6 is 0 Å². The van der Waals surface area contributed by atoms with Crippen molar-refractivity contribution in [3.8, 4) is 0 Å². The maximum absolute atomic E-state index is 5.68. The smallest absolute Gasteiger partial charge is 0.0673 e. The summed E-state index contributed by atoms with van der Waals surface area (Å²) in [5.41, 5.74) is 1.41. The molecule has 1 fully saturated rings. The molecule has 0 amide bonds. The highest BCUT2D eigenvalue weighted by molar-refractivity contribution is 5.16. The molecule has 3 unspecified atom stereocenters. The Morgan fingerprint density at radius 3 is 2.80 bits per heavy atom. The molecule has 3 heteroatoms. The lowest BCUT2D eigenvalue weighted by Crippen LogP contribution is -2.57. The van der Waals surface area contributed by atoms with Crippen molar-refractivity contribution in [3.63, 3.8) is 0 Å². The molecule has 2 rings (SSSR count). The van der Waals surface area contributed by atoms with E-state index in [-0.39, 0.29) is 0 Å². The highest BCUT2D eigenvalue weighted by atomic mass is 16.5. The zero-order valence-electron chi connectivity index (χ0n) is 13.0. The van der Waals surface area contributed by atoms with Crippen LogP contribution in [0.1, 0.15) is 26.3 Å². The Labute approximate surface area is 123 Å². The fourth-order valence-corrected chi connectivity index (χ4v) is 2.95. The highest BCUT2D eigenvalue weighted by Crippen LogP contribution is 2.12. The summed E-state index contributed by atoms with van der Waals surface area (Å²) in [5, 5.41) is 3.67. The van der Waals surface area contributed by atoms with E-state index in [0.717, 1.165) is 32.7 Å². The number of hydrogen-bond donors (Lipinski definition) is 1. The quantitative estimate of drug-likeness (QED) is 0.863. The number of benzene rings is 1. The number of hydrogen-bond acceptors (Lipinski definition) is 3. The minimum Gasteiger partial charge on any atom is -0.377 e. The molecule has 0 spiro atoms. The molecule has 1 aromatic carbocycles. The molecule has 1 aliphatic rings. The van der Waals surface area contributed by atoms with Crippen molar-refractivity contribution in [1.82, 2.24) is 10.2 Å². The summed E-state index contributed by atoms with van der Waals surface area (Å²) in [6.45, 7) is 10.5. The summed E-state index contributed by atoms with van der Waals surface area (Å²) >= 11 is 0. The van der Waals surface area contributed by atoms with Crippen molar-refractivity contribution in [3.05, 3.63) is 35.9 Å². The standard InChI is InChI=1S/C17H28N2O/c1-4-20-15(3)12-19-13-17(18-11-14(19)2)10-16-8-6-5-7-9-16/h5-9,14-15,17-18H,4,10-13H2,1-3H3. The number of nitrogens with one attached hydrogen (secondary N) is 1. The van der Waals surface area contributed by atoms with E-state index in [4.69, 9.17) is 4.74 Å². The normalized spacial score (nSPS) is 25.6. The van der Waals surface area contributed by atoms with Crippen molar-refractivity contribution >= 4 is 0 Å². The van der Waals surface area contributed by atoms with Crippen molar-refractivity contribution in [2.75, 3.05) is 26.2 Å². The molecule has 3 atom stereocenters. The zero-order valence-corrected chi connectivity index (χ0v) is 13.0. The molecule has 0 aromatic heterocycles. The molecule has 112 valence electrons. The van der Waals surface area contributed by atoms with Crippen molar-refractivity contribution < 1.29 is 4.74 Å². The van der Waals surface area contributed by atoms with Crippen LogP contribution < -0.4 is 5.32 Å². The first kappa shape index (κ1) is 15.5. The first-order chi connectivity index (χ1) is 9.69. The predicted molar refractivity (Wildman–Crippen MR) is 84.1 cm³/mol. The Kier molecular flexibility index (Phi) is 6.02. The molecular formula is C17H28N2O. The van der Waals surface area contributed by atoms with Crippen LogP contribution in [0.2, 0.25) is 0 Å². The predicted octanol–water partition coefficient (Wildman–Crippen LogP) is 2.32. The molecule has 1 aliphatic heterocycles. The average molecular weight is 276 g/mol. The van der Waals surface area contributed by atoms with Gasteiger partial charge in [-0.3, -0.25) is 4.90 Å². The van der Waals surface area contributed by atoms with Gasteiger partial charge >= 0.3 is 0 Å². The summed E-state index contributed by atoms with van der Waals surface area (Å²) in [6, 6.07) is 11.9. The Bertz CT molecular complexity index is 382. The van der Waals surface area contributed by atoms with E-state index in [2.05, 4.69) is 61.3 Å². The third kappa shape index (κ3) is 4.58. The van der Waals surface area contributed by atoms with E-state index < -0.39 is 0 Å². The number of rotatable bonds is 6. The molecule has 3 nitrogen and oxygen atoms in total. The van der Waals surface area contributed by atoms with E-state index in [1.54, 1.807) is 0 Å². The van der Waals surface area contributed by atoms with Gasteiger partial charge in [0.05, 0.1) is 6.10 Å². The first-order valence-corrected chi connectivity index (χ1v) is 7.82. The Balaban J connectivity index is 1.87. The van der Waals surface area contributed by atoms with Gasteiger partial charge in [-0.1, -0.05) is 30.3 Å². The molecule has 20 heavy (non-hydrogen) atoms. The summed E-state index contributed by atoms with van der Waals surface area (Å²) in [6.07, 6.45) is 1.42. The van der Waals surface area contributed by atoms with Crippen LogP contribution in [0, 0.1) is 0 Å². The van der Waals surface area contributed by atoms with Crippen molar-refractivity contribution in [1.29, 1.82) is 0 Å². The van der Waals surface area contributed by atoms with Crippen LogP contribution in [0.3, 0.4) is 0 Å². The molecule has 1 saturated heterocycles. The summed E-state index contributed by atoms with van der Waals surface area (Å²) in [7, 11) is 0. The maximum atomic E-state index is 5.68. The second-order valence-corrected chi connectivity index (χ2v) is 5.86. The van der Waals surface area contributed by atoms with Crippen LogP contribution in [0.15, 0.2) is 30.3 Å². The van der Waals surface area contributed by atoms with E-state index in [1.807, 2.05) is 0 Å². The topological polar surface area (TPSA) is 24.5 Å². The summed E-state index contributed by atoms with van der Waals surface area (Å²) in [5.74, 6) is 0. The highest BCUT2D eigenvalue weighted by Gasteiger charge is 2.26. The number of ether oxygens (including phenoxy) is 1.